The average Bonchev–Trinajstić information content (AvgIpc) is 1.58. The van der Waals surface area contributed by atoms with Crippen LogP contribution in [0.2, 0.25) is 0 Å². The van der Waals surface area contributed by atoms with Gasteiger partial charge in [0.1, 0.15) is 65.6 Å². The monoisotopic (exact) mass is 1740 g/mol. The van der Waals surface area contributed by atoms with Crippen LogP contribution in [0.15, 0.2) is 193 Å². The summed E-state index contributed by atoms with van der Waals surface area (Å²) in [6.07, 6.45) is 26.2. The fourth-order valence-corrected chi connectivity index (χ4v) is 14.5. The number of pyridine rings is 4. The Morgan fingerprint density at radius 2 is 0.780 bits per heavy atom. The number of nitrogens with zero attached hydrogens (tertiary/aromatic N) is 23. The van der Waals surface area contributed by atoms with E-state index in [1.807, 2.05) is 26.0 Å². The summed E-state index contributed by atoms with van der Waals surface area (Å²) in [7, 11) is 6.48. The summed E-state index contributed by atoms with van der Waals surface area (Å²) in [6, 6.07) is 20.3. The Morgan fingerprint density at radius 3 is 1.05 bits per heavy atom. The first-order valence-electron chi connectivity index (χ1n) is 39.2. The molecule has 17 rings (SSSR count). The third kappa shape index (κ3) is 21.0. The van der Waals surface area contributed by atoms with Gasteiger partial charge >= 0.3 is 18.1 Å². The maximum Gasteiger partial charge on any atom is 0.344 e. The van der Waals surface area contributed by atoms with Crippen molar-refractivity contribution in [2.45, 2.75) is 45.7 Å². The van der Waals surface area contributed by atoms with E-state index in [1.54, 1.807) is 201 Å². The van der Waals surface area contributed by atoms with Crippen LogP contribution in [0.25, 0.3) is 87.8 Å². The normalized spacial score (nSPS) is 13.2. The molecule has 123 heavy (non-hydrogen) atoms. The molecule has 1 aliphatic rings. The van der Waals surface area contributed by atoms with E-state index in [9.17, 15) is 33.6 Å². The Morgan fingerprint density at radius 1 is 0.480 bits per heavy atom. The zero-order chi connectivity index (χ0) is 90.8. The van der Waals surface area contributed by atoms with Crippen LogP contribution >= 0.6 is 45.3 Å². The molecule has 41 nitrogen and oxygen atoms in total. The van der Waals surface area contributed by atoms with Crippen molar-refractivity contribution in [1.82, 2.24) is 134 Å². The predicted octanol–water partition coefficient (Wildman–Crippen LogP) is 12.0. The Bertz CT molecular complexity index is 6240. The molecule has 0 aliphatic heterocycles. The van der Waals surface area contributed by atoms with Gasteiger partial charge in [0.25, 0.3) is 30.1 Å². The number of nitrogens with one attached hydrogen (secondary N) is 8. The van der Waals surface area contributed by atoms with Gasteiger partial charge in [0.05, 0.1) is 104 Å². The van der Waals surface area contributed by atoms with Crippen LogP contribution in [-0.4, -0.2) is 242 Å². The van der Waals surface area contributed by atoms with Crippen LogP contribution in [0.5, 0.6) is 0 Å². The Labute approximate surface area is 720 Å². The van der Waals surface area contributed by atoms with E-state index in [0.717, 1.165) is 31.6 Å². The van der Waals surface area contributed by atoms with Gasteiger partial charge in [-0.25, -0.2) is 34.3 Å². The van der Waals surface area contributed by atoms with Crippen LogP contribution in [0.3, 0.4) is 0 Å². The summed E-state index contributed by atoms with van der Waals surface area (Å²) in [4.78, 5) is 136. The molecular formula is C78H75N31O10S4. The summed E-state index contributed by atoms with van der Waals surface area (Å²) in [5.74, 6) is -1.63. The smallest absolute Gasteiger partial charge is 0.344 e. The average molecular weight is 1740 g/mol. The van der Waals surface area contributed by atoms with E-state index in [0.29, 0.717) is 114 Å². The number of hydrogen-bond acceptors (Lipinski definition) is 29. The SMILES string of the molecule is CCN(CC)C(=O)n1cc(NC(=O)c2csc(-c3cn[nH]c3)n2)c(-c2ccccn2)n1.CN(C)C(=O)n1cc(NC(=O)c2csc(-c3cn[nH]c3)n2)c(-c2ccccn2)n1.CN(C)C(=O)n1cc(NC(=O)c2csc(-c3cn[nH]c3)n2)c(-c2ccccn2)n1.O=CO.[2H]C([2H])([2H])C([2H])([2H])OC1CC(n2cc(NC(=O)c3csc(-c4cn[nH]c4)n3)c(-c3ccccn3)n2)C1. The summed E-state index contributed by atoms with van der Waals surface area (Å²) < 4.78 is 47.7. The number of anilines is 4. The molecule has 7 amide bonds. The Kier molecular flexibility index (Phi) is 25.8. The summed E-state index contributed by atoms with van der Waals surface area (Å²) >= 11 is 5.34. The van der Waals surface area contributed by atoms with E-state index in [2.05, 4.69) is 122 Å². The largest absolute Gasteiger partial charge is 0.483 e. The van der Waals surface area contributed by atoms with E-state index in [-0.39, 0.29) is 53.4 Å². The van der Waals surface area contributed by atoms with Gasteiger partial charge in [0.15, 0.2) is 0 Å². The van der Waals surface area contributed by atoms with Crippen LogP contribution in [0.1, 0.15) is 88.4 Å². The van der Waals surface area contributed by atoms with Crippen molar-refractivity contribution < 1.29 is 55.1 Å². The fourth-order valence-electron chi connectivity index (χ4n) is 11.4. The Balaban J connectivity index is 0.000000145. The van der Waals surface area contributed by atoms with Crippen LogP contribution in [-0.2, 0) is 9.53 Å². The molecule has 16 aromatic heterocycles. The number of carbonyl (C=O) groups excluding carboxylic acids is 7. The highest BCUT2D eigenvalue weighted by Gasteiger charge is 2.34. The molecular weight excluding hydrogens is 1660 g/mol. The molecule has 9 N–H and O–H groups in total. The lowest BCUT2D eigenvalue weighted by Gasteiger charge is -2.34. The number of hydrogen-bond donors (Lipinski definition) is 9. The van der Waals surface area contributed by atoms with Crippen LogP contribution in [0, 0.1) is 0 Å². The first-order chi connectivity index (χ1) is 61.7. The molecule has 0 bridgehead atoms. The molecule has 0 radical (unpaired) electrons. The minimum absolute atomic E-state index is 0.150. The molecule has 1 fully saturated rings. The quantitative estimate of drug-likeness (QED) is 0.0302. The van der Waals surface area contributed by atoms with Crippen LogP contribution < -0.4 is 21.3 Å². The lowest BCUT2D eigenvalue weighted by molar-refractivity contribution is -0.122. The number of aromatic amines is 4. The maximum absolute atomic E-state index is 13.0. The molecule has 0 unspecified atom stereocenters. The number of aromatic nitrogens is 24. The number of ether oxygens (including phenoxy) is 1. The summed E-state index contributed by atoms with van der Waals surface area (Å²) in [6.45, 7) is -0.967. The molecule has 626 valence electrons. The molecule has 0 saturated heterocycles. The predicted molar refractivity (Wildman–Crippen MR) is 457 cm³/mol. The van der Waals surface area contributed by atoms with E-state index in [1.165, 1.54) is 78.4 Å². The lowest BCUT2D eigenvalue weighted by atomic mass is 9.89. The lowest BCUT2D eigenvalue weighted by Crippen LogP contribution is -2.34. The maximum atomic E-state index is 13.0. The molecule has 0 spiro atoms. The number of amides is 7. The van der Waals surface area contributed by atoms with Gasteiger partial charge in [-0.05, 0) is 82.1 Å². The summed E-state index contributed by atoms with van der Waals surface area (Å²) in [5, 5.41) is 71.6. The minimum Gasteiger partial charge on any atom is -0.483 e. The number of carboxylic acid groups (broad SMARTS) is 1. The first-order valence-corrected chi connectivity index (χ1v) is 40.3. The van der Waals surface area contributed by atoms with Gasteiger partial charge < -0.3 is 45.8 Å². The van der Waals surface area contributed by atoms with Gasteiger partial charge in [-0.2, -0.15) is 54.8 Å². The van der Waals surface area contributed by atoms with Crippen molar-refractivity contribution in [3.63, 3.8) is 0 Å². The van der Waals surface area contributed by atoms with E-state index in [4.69, 9.17) is 21.5 Å². The highest BCUT2D eigenvalue weighted by Crippen LogP contribution is 2.38. The number of thiazole rings is 4. The van der Waals surface area contributed by atoms with Gasteiger partial charge in [0, 0.05) is 151 Å². The first kappa shape index (κ1) is 78.7. The molecule has 0 atom stereocenters. The molecule has 1 aliphatic carbocycles. The van der Waals surface area contributed by atoms with Crippen molar-refractivity contribution in [3.8, 4) is 87.8 Å². The fraction of sp³-hybridized carbons (Fsp3) is 0.179. The van der Waals surface area contributed by atoms with Crippen molar-refractivity contribution >= 4 is 116 Å². The molecule has 1 saturated carbocycles. The second kappa shape index (κ2) is 40.3. The molecule has 0 aromatic carbocycles. The van der Waals surface area contributed by atoms with Crippen LogP contribution in [0.4, 0.5) is 37.1 Å². The molecule has 45 heteroatoms. The standard InChI is InChI=1S/C21H21N7O2S.C20H20N8O2S.2C18H16N8O2S.CH2O2/c1-2-30-15-7-14(8-15)28-11-17(19(27-28)16-5-3-4-6-22-16)25-20(29)18-12-31-21(26-18)13-9-23-24-10-13;1-3-27(4-2)20(30)28-11-15(17(26-28)14-7-5-6-8-21-14)24-18(29)16-12-31-19(25-16)13-9-22-23-10-13;2*1-25(2)18(28)26-9-13(15(24-26)12-5-3-4-6-19-12)22-16(27)14-10-29-17(23-14)11-7-20-21-8-11;2-1-3/h3-6,9-12,14-15H,2,7-8H2,1H3,(H,23,24)(H,25,29);5-12H,3-4H2,1-2H3,(H,22,23)(H,24,29);2*3-10H,1-2H3,(H,20,21)(H,22,27);1H,(H,2,3)/i1D3,2D2;;;;. The van der Waals surface area contributed by atoms with Gasteiger partial charge in [-0.3, -0.25) is 69.0 Å². The van der Waals surface area contributed by atoms with Crippen molar-refractivity contribution in [2.24, 2.45) is 0 Å². The molecule has 16 aromatic rings. The Hall–Kier alpha value is -15.5. The topological polar surface area (TPSA) is 513 Å². The van der Waals surface area contributed by atoms with Crippen molar-refractivity contribution in [2.75, 3.05) is 69.1 Å². The van der Waals surface area contributed by atoms with Gasteiger partial charge in [-0.15, -0.1) is 45.3 Å². The zero-order valence-electron chi connectivity index (χ0n) is 70.6. The number of H-pyrrole nitrogens is 4. The second-order valence-corrected chi connectivity index (χ2v) is 29.5. The van der Waals surface area contributed by atoms with Crippen molar-refractivity contribution in [1.29, 1.82) is 0 Å². The van der Waals surface area contributed by atoms with Gasteiger partial charge in [-0.1, -0.05) is 24.3 Å². The summed E-state index contributed by atoms with van der Waals surface area (Å²) in [5.41, 5.74) is 9.57. The zero-order valence-corrected chi connectivity index (χ0v) is 68.8. The number of rotatable bonds is 21. The van der Waals surface area contributed by atoms with E-state index < -0.39 is 43.1 Å². The van der Waals surface area contributed by atoms with Crippen molar-refractivity contribution in [3.05, 3.63) is 216 Å². The highest BCUT2D eigenvalue weighted by molar-refractivity contribution is 7.14. The van der Waals surface area contributed by atoms with Gasteiger partial charge in [0.2, 0.25) is 0 Å². The second-order valence-electron chi connectivity index (χ2n) is 26.0. The third-order valence-electron chi connectivity index (χ3n) is 17.5. The van der Waals surface area contributed by atoms with E-state index >= 15 is 0 Å². The highest BCUT2D eigenvalue weighted by atomic mass is 32.1. The molecule has 16 heterocycles. The third-order valence-corrected chi connectivity index (χ3v) is 21.0. The minimum atomic E-state index is -2.87. The number of carbonyl (C=O) groups is 8.